The van der Waals surface area contributed by atoms with Gasteiger partial charge in [-0.2, -0.15) is 0 Å². The average molecular weight is 253 g/mol. The van der Waals surface area contributed by atoms with Crippen molar-refractivity contribution in [2.75, 3.05) is 7.05 Å². The van der Waals surface area contributed by atoms with Gasteiger partial charge in [0, 0.05) is 5.56 Å². The molecule has 3 nitrogen and oxygen atoms in total. The topological polar surface area (TPSA) is 75.9 Å². The number of hydrogen-bond acceptors (Lipinski definition) is 2. The van der Waals surface area contributed by atoms with E-state index in [0.29, 0.717) is 0 Å². The van der Waals surface area contributed by atoms with E-state index in [2.05, 4.69) is 5.73 Å². The highest BCUT2D eigenvalue weighted by Crippen LogP contribution is 2.12. The first-order valence-corrected chi connectivity index (χ1v) is 6.01. The van der Waals surface area contributed by atoms with Gasteiger partial charge in [-0.15, -0.1) is 0 Å². The third kappa shape index (κ3) is 4.41. The van der Waals surface area contributed by atoms with Gasteiger partial charge in [-0.1, -0.05) is 66.7 Å². The van der Waals surface area contributed by atoms with Crippen LogP contribution in [-0.4, -0.2) is 12.9 Å². The second kappa shape index (κ2) is 7.84. The molecule has 0 bridgehead atoms. The summed E-state index contributed by atoms with van der Waals surface area (Å²) < 4.78 is 0. The van der Waals surface area contributed by atoms with Crippen LogP contribution < -0.4 is 11.5 Å². The minimum absolute atomic E-state index is 0.0957. The summed E-state index contributed by atoms with van der Waals surface area (Å²) in [5, 5.41) is 7.50. The van der Waals surface area contributed by atoms with Gasteiger partial charge in [0.05, 0.1) is 0 Å². The Morgan fingerprint density at radius 3 is 2.11 bits per heavy atom. The van der Waals surface area contributed by atoms with E-state index in [0.717, 1.165) is 16.7 Å². The first-order valence-electron chi connectivity index (χ1n) is 6.01. The Kier molecular flexibility index (Phi) is 6.06. The molecule has 0 atom stereocenters. The predicted molar refractivity (Wildman–Crippen MR) is 82.9 cm³/mol. The van der Waals surface area contributed by atoms with Crippen LogP contribution in [0.2, 0.25) is 0 Å². The molecule has 0 saturated carbocycles. The Bertz CT molecular complexity index is 545. The van der Waals surface area contributed by atoms with Crippen LogP contribution in [0, 0.1) is 5.41 Å². The summed E-state index contributed by atoms with van der Waals surface area (Å²) in [4.78, 5) is 0. The van der Waals surface area contributed by atoms with Crippen molar-refractivity contribution in [3.8, 4) is 0 Å². The number of nitrogens with one attached hydrogen (secondary N) is 1. The first kappa shape index (κ1) is 14.7. The van der Waals surface area contributed by atoms with Gasteiger partial charge in [-0.3, -0.25) is 5.41 Å². The zero-order valence-corrected chi connectivity index (χ0v) is 11.0. The maximum Gasteiger partial charge on any atom is 0.123 e. The number of rotatable bonds is 3. The van der Waals surface area contributed by atoms with Crippen molar-refractivity contribution in [1.29, 1.82) is 5.41 Å². The second-order valence-electron chi connectivity index (χ2n) is 3.74. The first-order chi connectivity index (χ1) is 9.27. The lowest BCUT2D eigenvalue weighted by Gasteiger charge is -2.02. The Labute approximate surface area is 114 Å². The maximum absolute atomic E-state index is 7.50. The molecule has 5 N–H and O–H groups in total. The molecule has 0 aliphatic heterocycles. The van der Waals surface area contributed by atoms with Crippen molar-refractivity contribution >= 4 is 18.0 Å². The van der Waals surface area contributed by atoms with E-state index >= 15 is 0 Å². The van der Waals surface area contributed by atoms with Crippen LogP contribution in [0.15, 0.2) is 54.6 Å². The third-order valence-electron chi connectivity index (χ3n) is 2.51. The Hall–Kier alpha value is -2.39. The molecule has 0 aromatic heterocycles. The van der Waals surface area contributed by atoms with Gasteiger partial charge in [0.2, 0.25) is 0 Å². The third-order valence-corrected chi connectivity index (χ3v) is 2.51. The molecule has 0 unspecified atom stereocenters. The highest BCUT2D eigenvalue weighted by molar-refractivity contribution is 5.99. The Morgan fingerprint density at radius 1 is 0.895 bits per heavy atom. The molecule has 19 heavy (non-hydrogen) atoms. The van der Waals surface area contributed by atoms with E-state index in [9.17, 15) is 0 Å². The Morgan fingerprint density at radius 2 is 1.47 bits per heavy atom. The summed E-state index contributed by atoms with van der Waals surface area (Å²) in [5.41, 5.74) is 12.9. The van der Waals surface area contributed by atoms with Gasteiger partial charge in [0.25, 0.3) is 0 Å². The van der Waals surface area contributed by atoms with Crippen LogP contribution in [0.3, 0.4) is 0 Å². The molecule has 2 rings (SSSR count). The van der Waals surface area contributed by atoms with Gasteiger partial charge in [-0.25, -0.2) is 0 Å². The minimum atomic E-state index is 0.0957. The molecular formula is C16H19N3. The SMILES string of the molecule is CN.N=C(N)c1ccccc1/C=C/c1ccccc1. The zero-order chi connectivity index (χ0) is 14.1. The maximum atomic E-state index is 7.50. The van der Waals surface area contributed by atoms with Gasteiger partial charge in [-0.05, 0) is 18.2 Å². The molecule has 0 saturated heterocycles. The van der Waals surface area contributed by atoms with Gasteiger partial charge >= 0.3 is 0 Å². The molecule has 0 spiro atoms. The average Bonchev–Trinajstić information content (AvgIpc) is 2.48. The molecule has 0 heterocycles. The van der Waals surface area contributed by atoms with E-state index in [-0.39, 0.29) is 5.84 Å². The fourth-order valence-electron chi connectivity index (χ4n) is 1.64. The van der Waals surface area contributed by atoms with E-state index in [1.54, 1.807) is 0 Å². The summed E-state index contributed by atoms with van der Waals surface area (Å²) in [6, 6.07) is 17.7. The summed E-state index contributed by atoms with van der Waals surface area (Å²) in [7, 11) is 1.50. The van der Waals surface area contributed by atoms with Crippen molar-refractivity contribution in [2.45, 2.75) is 0 Å². The second-order valence-corrected chi connectivity index (χ2v) is 3.74. The monoisotopic (exact) mass is 253 g/mol. The highest BCUT2D eigenvalue weighted by Gasteiger charge is 2.00. The normalized spacial score (nSPS) is 9.79. The van der Waals surface area contributed by atoms with Crippen LogP contribution in [0.5, 0.6) is 0 Å². The number of nitrogen functional groups attached to an aromatic ring is 1. The lowest BCUT2D eigenvalue weighted by atomic mass is 10.1. The number of amidine groups is 1. The Balaban J connectivity index is 0.000000861. The van der Waals surface area contributed by atoms with Crippen LogP contribution in [0.25, 0.3) is 12.2 Å². The van der Waals surface area contributed by atoms with E-state index in [1.165, 1.54) is 7.05 Å². The molecule has 0 amide bonds. The molecule has 0 fully saturated rings. The standard InChI is InChI=1S/C15H14N2.CH5N/c16-15(17)14-9-5-4-8-13(14)11-10-12-6-2-1-3-7-12;1-2/h1-11H,(H3,16,17);2H2,1H3/b11-10+;. The molecule has 0 aliphatic rings. The van der Waals surface area contributed by atoms with E-state index in [1.807, 2.05) is 66.7 Å². The van der Waals surface area contributed by atoms with Crippen molar-refractivity contribution in [2.24, 2.45) is 11.5 Å². The molecule has 98 valence electrons. The van der Waals surface area contributed by atoms with Crippen molar-refractivity contribution < 1.29 is 0 Å². The molecular weight excluding hydrogens is 234 g/mol. The number of nitrogens with two attached hydrogens (primary N) is 2. The van der Waals surface area contributed by atoms with Crippen LogP contribution in [0.4, 0.5) is 0 Å². The molecule has 2 aromatic carbocycles. The molecule has 2 aromatic rings. The summed E-state index contributed by atoms with van der Waals surface area (Å²) in [5.74, 6) is 0.0957. The van der Waals surface area contributed by atoms with Gasteiger partial charge < -0.3 is 11.5 Å². The summed E-state index contributed by atoms with van der Waals surface area (Å²) in [6.45, 7) is 0. The largest absolute Gasteiger partial charge is 0.384 e. The predicted octanol–water partition coefficient (Wildman–Crippen LogP) is 2.72. The molecule has 0 radical (unpaired) electrons. The van der Waals surface area contributed by atoms with Crippen LogP contribution in [-0.2, 0) is 0 Å². The van der Waals surface area contributed by atoms with Crippen molar-refractivity contribution in [3.63, 3.8) is 0 Å². The van der Waals surface area contributed by atoms with E-state index < -0.39 is 0 Å². The van der Waals surface area contributed by atoms with Crippen molar-refractivity contribution in [3.05, 3.63) is 71.3 Å². The molecule has 3 heteroatoms. The lowest BCUT2D eigenvalue weighted by molar-refractivity contribution is 1.42. The van der Waals surface area contributed by atoms with E-state index in [4.69, 9.17) is 11.1 Å². The van der Waals surface area contributed by atoms with Gasteiger partial charge in [0.15, 0.2) is 0 Å². The fraction of sp³-hybridized carbons (Fsp3) is 0.0625. The number of hydrogen-bond donors (Lipinski definition) is 3. The smallest absolute Gasteiger partial charge is 0.123 e. The summed E-state index contributed by atoms with van der Waals surface area (Å²) in [6.07, 6.45) is 3.99. The quantitative estimate of drug-likeness (QED) is 0.447. The zero-order valence-electron chi connectivity index (χ0n) is 11.0. The van der Waals surface area contributed by atoms with Crippen LogP contribution >= 0.6 is 0 Å². The minimum Gasteiger partial charge on any atom is -0.384 e. The van der Waals surface area contributed by atoms with Gasteiger partial charge in [0.1, 0.15) is 5.84 Å². The summed E-state index contributed by atoms with van der Waals surface area (Å²) >= 11 is 0. The van der Waals surface area contributed by atoms with Crippen molar-refractivity contribution in [1.82, 2.24) is 0 Å². The van der Waals surface area contributed by atoms with Crippen LogP contribution in [0.1, 0.15) is 16.7 Å². The molecule has 0 aliphatic carbocycles. The fourth-order valence-corrected chi connectivity index (χ4v) is 1.64. The number of benzene rings is 2. The highest BCUT2D eigenvalue weighted by atomic mass is 14.7. The lowest BCUT2D eigenvalue weighted by Crippen LogP contribution is -2.12.